The van der Waals surface area contributed by atoms with E-state index < -0.39 is 5.41 Å². The molecule has 1 aliphatic carbocycles. The molecule has 12 rings (SSSR count). The normalized spacial score (nSPS) is 12.9. The number of anilines is 3. The zero-order chi connectivity index (χ0) is 38.9. The summed E-state index contributed by atoms with van der Waals surface area (Å²) in [5.41, 5.74) is 14.6. The Morgan fingerprint density at radius 1 is 0.373 bits per heavy atom. The minimum absolute atomic E-state index is 0.475. The highest BCUT2D eigenvalue weighted by molar-refractivity contribution is 6.26. The molecular formula is C57H37NO. The number of benzene rings is 10. The van der Waals surface area contributed by atoms with Crippen molar-refractivity contribution in [2.24, 2.45) is 0 Å². The number of rotatable bonds is 6. The summed E-state index contributed by atoms with van der Waals surface area (Å²) in [6.07, 6.45) is 0. The Hall–Kier alpha value is -7.68. The van der Waals surface area contributed by atoms with Gasteiger partial charge in [0.2, 0.25) is 0 Å². The molecule has 276 valence electrons. The van der Waals surface area contributed by atoms with Crippen LogP contribution in [0.25, 0.3) is 65.7 Å². The number of para-hydroxylation sites is 1. The lowest BCUT2D eigenvalue weighted by molar-refractivity contribution is 0.673. The lowest BCUT2D eigenvalue weighted by Crippen LogP contribution is -2.28. The largest absolute Gasteiger partial charge is 0.455 e. The molecule has 0 atom stereocenters. The van der Waals surface area contributed by atoms with Crippen LogP contribution in [0, 0.1) is 0 Å². The van der Waals surface area contributed by atoms with Crippen LogP contribution in [0.4, 0.5) is 17.1 Å². The summed E-state index contributed by atoms with van der Waals surface area (Å²) in [6.45, 7) is 0. The van der Waals surface area contributed by atoms with Crippen LogP contribution in [0.3, 0.4) is 0 Å². The molecule has 2 heteroatoms. The van der Waals surface area contributed by atoms with Crippen molar-refractivity contribution in [3.8, 4) is 22.3 Å². The molecule has 1 heterocycles. The summed E-state index contributed by atoms with van der Waals surface area (Å²) < 4.78 is 6.75. The molecule has 0 unspecified atom stereocenters. The van der Waals surface area contributed by atoms with E-state index >= 15 is 0 Å². The maximum atomic E-state index is 6.75. The van der Waals surface area contributed by atoms with E-state index in [1.54, 1.807) is 0 Å². The Balaban J connectivity index is 1.11. The third-order valence-electron chi connectivity index (χ3n) is 12.5. The number of nitrogens with zero attached hydrogens (tertiary/aromatic N) is 1. The molecule has 59 heavy (non-hydrogen) atoms. The van der Waals surface area contributed by atoms with E-state index in [1.807, 2.05) is 6.07 Å². The van der Waals surface area contributed by atoms with Gasteiger partial charge < -0.3 is 9.32 Å². The zero-order valence-corrected chi connectivity index (χ0v) is 32.2. The first-order chi connectivity index (χ1) is 29.3. The van der Waals surface area contributed by atoms with Crippen LogP contribution in [0.2, 0.25) is 0 Å². The fraction of sp³-hybridized carbons (Fsp3) is 0.0175. The van der Waals surface area contributed by atoms with E-state index in [-0.39, 0.29) is 0 Å². The summed E-state index contributed by atoms with van der Waals surface area (Å²) in [4.78, 5) is 2.42. The van der Waals surface area contributed by atoms with Gasteiger partial charge in [0.05, 0.1) is 11.1 Å². The van der Waals surface area contributed by atoms with Crippen LogP contribution in [0.5, 0.6) is 0 Å². The Labute approximate surface area is 342 Å². The van der Waals surface area contributed by atoms with Crippen molar-refractivity contribution >= 4 is 60.5 Å². The van der Waals surface area contributed by atoms with Gasteiger partial charge in [0.1, 0.15) is 11.2 Å². The third kappa shape index (κ3) is 5.00. The molecule has 2 nitrogen and oxygen atoms in total. The van der Waals surface area contributed by atoms with Gasteiger partial charge in [0.25, 0.3) is 0 Å². The highest BCUT2D eigenvalue weighted by Gasteiger charge is 2.45. The molecule has 0 saturated carbocycles. The molecule has 0 saturated heterocycles. The van der Waals surface area contributed by atoms with Gasteiger partial charge in [-0.05, 0) is 97.7 Å². The minimum atomic E-state index is -0.475. The Morgan fingerprint density at radius 3 is 1.61 bits per heavy atom. The molecular weight excluding hydrogens is 715 g/mol. The Kier molecular flexibility index (Phi) is 7.48. The van der Waals surface area contributed by atoms with Gasteiger partial charge in [0, 0.05) is 32.9 Å². The lowest BCUT2D eigenvalue weighted by Gasteiger charge is -2.34. The van der Waals surface area contributed by atoms with Crippen molar-refractivity contribution in [2.45, 2.75) is 5.41 Å². The Morgan fingerprint density at radius 2 is 0.898 bits per heavy atom. The predicted octanol–water partition coefficient (Wildman–Crippen LogP) is 15.4. The van der Waals surface area contributed by atoms with Crippen molar-refractivity contribution < 1.29 is 4.42 Å². The van der Waals surface area contributed by atoms with Crippen molar-refractivity contribution in [1.82, 2.24) is 0 Å². The van der Waals surface area contributed by atoms with Crippen LogP contribution in [-0.4, -0.2) is 0 Å². The van der Waals surface area contributed by atoms with E-state index in [0.717, 1.165) is 55.2 Å². The molecule has 11 aromatic rings. The molecule has 0 radical (unpaired) electrons. The number of fused-ring (bicyclic) bond motifs is 10. The highest BCUT2D eigenvalue weighted by Crippen LogP contribution is 2.56. The first-order valence-corrected chi connectivity index (χ1v) is 20.3. The second kappa shape index (κ2) is 13.2. The summed E-state index contributed by atoms with van der Waals surface area (Å²) >= 11 is 0. The fourth-order valence-electron chi connectivity index (χ4n) is 9.96. The average Bonchev–Trinajstić information content (AvgIpc) is 3.84. The average molecular weight is 752 g/mol. The van der Waals surface area contributed by atoms with Crippen molar-refractivity contribution in [3.05, 3.63) is 247 Å². The maximum absolute atomic E-state index is 6.75. The zero-order valence-electron chi connectivity index (χ0n) is 32.2. The second-order valence-corrected chi connectivity index (χ2v) is 15.6. The smallest absolute Gasteiger partial charge is 0.143 e. The van der Waals surface area contributed by atoms with Gasteiger partial charge in [-0.3, -0.25) is 0 Å². The van der Waals surface area contributed by atoms with E-state index in [2.05, 4.69) is 223 Å². The predicted molar refractivity (Wildman–Crippen MR) is 246 cm³/mol. The topological polar surface area (TPSA) is 16.4 Å². The molecule has 0 aliphatic heterocycles. The van der Waals surface area contributed by atoms with Crippen LogP contribution >= 0.6 is 0 Å². The summed E-state index contributed by atoms with van der Waals surface area (Å²) in [6, 6.07) is 81.8. The molecule has 10 aromatic carbocycles. The SMILES string of the molecule is c1ccc(-c2ccc(N(c3ccc(C4(c5ccccc5)c5ccccc5-c5ccccc54)cc3)c3cc4ccccc4c4c3ccc3c5ccccc5oc34)cc2)cc1. The van der Waals surface area contributed by atoms with Gasteiger partial charge in [-0.1, -0.05) is 182 Å². The standard InChI is InChI=1S/C57H37NO/c1-3-15-38(16-4-1)39-27-31-43(32-28-39)58(53-37-40-17-7-8-20-45(40)55-50(53)36-35-49-48-23-11-14-26-54(48)59-56(49)55)44-33-29-42(30-34-44)57(41-18-5-2-6-19-41)51-24-12-9-21-46(51)47-22-10-13-25-52(47)57/h1-37H. The molecule has 1 aromatic heterocycles. The fourth-order valence-corrected chi connectivity index (χ4v) is 9.96. The van der Waals surface area contributed by atoms with E-state index in [9.17, 15) is 0 Å². The number of hydrogen-bond acceptors (Lipinski definition) is 2. The van der Waals surface area contributed by atoms with Gasteiger partial charge >= 0.3 is 0 Å². The van der Waals surface area contributed by atoms with Crippen LogP contribution in [0.1, 0.15) is 22.3 Å². The van der Waals surface area contributed by atoms with E-state index in [0.29, 0.717) is 0 Å². The van der Waals surface area contributed by atoms with E-state index in [1.165, 1.54) is 49.9 Å². The van der Waals surface area contributed by atoms with Crippen molar-refractivity contribution in [3.63, 3.8) is 0 Å². The quantitative estimate of drug-likeness (QED) is 0.157. The Bertz CT molecular complexity index is 3320. The minimum Gasteiger partial charge on any atom is -0.455 e. The van der Waals surface area contributed by atoms with Gasteiger partial charge in [-0.2, -0.15) is 0 Å². The molecule has 0 amide bonds. The molecule has 0 bridgehead atoms. The summed E-state index contributed by atoms with van der Waals surface area (Å²) in [7, 11) is 0. The van der Waals surface area contributed by atoms with Crippen LogP contribution in [-0.2, 0) is 5.41 Å². The van der Waals surface area contributed by atoms with Crippen molar-refractivity contribution in [2.75, 3.05) is 4.90 Å². The summed E-state index contributed by atoms with van der Waals surface area (Å²) in [5.74, 6) is 0. The second-order valence-electron chi connectivity index (χ2n) is 15.6. The third-order valence-corrected chi connectivity index (χ3v) is 12.5. The van der Waals surface area contributed by atoms with E-state index in [4.69, 9.17) is 4.42 Å². The number of furan rings is 1. The highest BCUT2D eigenvalue weighted by atomic mass is 16.3. The van der Waals surface area contributed by atoms with Crippen LogP contribution in [0.15, 0.2) is 229 Å². The molecule has 0 spiro atoms. The first kappa shape index (κ1) is 33.5. The van der Waals surface area contributed by atoms with Crippen LogP contribution < -0.4 is 4.90 Å². The molecule has 0 fully saturated rings. The lowest BCUT2D eigenvalue weighted by atomic mass is 9.68. The van der Waals surface area contributed by atoms with Crippen molar-refractivity contribution in [1.29, 1.82) is 0 Å². The summed E-state index contributed by atoms with van der Waals surface area (Å²) in [5, 5.41) is 6.84. The number of hydrogen-bond donors (Lipinski definition) is 0. The van der Waals surface area contributed by atoms with Gasteiger partial charge in [0.15, 0.2) is 0 Å². The maximum Gasteiger partial charge on any atom is 0.143 e. The molecule has 0 N–H and O–H groups in total. The first-order valence-electron chi connectivity index (χ1n) is 20.3. The van der Waals surface area contributed by atoms with Gasteiger partial charge in [-0.15, -0.1) is 0 Å². The molecule has 1 aliphatic rings. The van der Waals surface area contributed by atoms with Gasteiger partial charge in [-0.25, -0.2) is 0 Å². The monoisotopic (exact) mass is 751 g/mol.